The predicted molar refractivity (Wildman–Crippen MR) is 67.8 cm³/mol. The standard InChI is InChI=1S/C14H25NO2/c1-3-11-7-6-10-14(11,13(16)17-2)15-12-8-4-5-9-12/h11-12,15H,3-10H2,1-2H3. The van der Waals surface area contributed by atoms with Crippen molar-refractivity contribution in [3.63, 3.8) is 0 Å². The van der Waals surface area contributed by atoms with Gasteiger partial charge >= 0.3 is 5.97 Å². The molecule has 0 aromatic heterocycles. The predicted octanol–water partition coefficient (Wildman–Crippen LogP) is 2.64. The van der Waals surface area contributed by atoms with Gasteiger partial charge in [0.25, 0.3) is 0 Å². The first-order chi connectivity index (χ1) is 8.23. The van der Waals surface area contributed by atoms with Crippen molar-refractivity contribution in [2.24, 2.45) is 5.92 Å². The van der Waals surface area contributed by atoms with Crippen molar-refractivity contribution in [1.29, 1.82) is 0 Å². The molecule has 17 heavy (non-hydrogen) atoms. The molecule has 98 valence electrons. The number of rotatable bonds is 4. The van der Waals surface area contributed by atoms with E-state index in [1.807, 2.05) is 0 Å². The Morgan fingerprint density at radius 3 is 2.59 bits per heavy atom. The number of hydrogen-bond donors (Lipinski definition) is 1. The third kappa shape index (κ3) is 2.35. The van der Waals surface area contributed by atoms with Crippen LogP contribution in [0.1, 0.15) is 58.3 Å². The second kappa shape index (κ2) is 5.38. The van der Waals surface area contributed by atoms with Gasteiger partial charge in [0.15, 0.2) is 0 Å². The molecule has 0 radical (unpaired) electrons. The van der Waals surface area contributed by atoms with Crippen molar-refractivity contribution in [2.45, 2.75) is 69.9 Å². The molecule has 0 spiro atoms. The topological polar surface area (TPSA) is 38.3 Å². The van der Waals surface area contributed by atoms with Gasteiger partial charge in [0.2, 0.25) is 0 Å². The molecule has 2 saturated carbocycles. The Balaban J connectivity index is 2.13. The Labute approximate surface area is 104 Å². The lowest BCUT2D eigenvalue weighted by Crippen LogP contribution is -2.58. The summed E-state index contributed by atoms with van der Waals surface area (Å²) in [5.74, 6) is 0.421. The molecule has 3 nitrogen and oxygen atoms in total. The average Bonchev–Trinajstić information content (AvgIpc) is 2.98. The van der Waals surface area contributed by atoms with Crippen molar-refractivity contribution in [2.75, 3.05) is 7.11 Å². The summed E-state index contributed by atoms with van der Waals surface area (Å²) in [6.07, 6.45) is 9.35. The maximum absolute atomic E-state index is 12.2. The minimum atomic E-state index is -0.376. The van der Waals surface area contributed by atoms with E-state index in [0.29, 0.717) is 12.0 Å². The monoisotopic (exact) mass is 239 g/mol. The Morgan fingerprint density at radius 1 is 1.29 bits per heavy atom. The van der Waals surface area contributed by atoms with Gasteiger partial charge in [-0.1, -0.05) is 32.6 Å². The zero-order chi connectivity index (χ0) is 12.3. The van der Waals surface area contributed by atoms with E-state index in [9.17, 15) is 4.79 Å². The number of hydrogen-bond acceptors (Lipinski definition) is 3. The summed E-state index contributed by atoms with van der Waals surface area (Å²) < 4.78 is 5.08. The van der Waals surface area contributed by atoms with Gasteiger partial charge in [0.05, 0.1) is 7.11 Å². The Kier molecular flexibility index (Phi) is 4.08. The summed E-state index contributed by atoms with van der Waals surface area (Å²) >= 11 is 0. The average molecular weight is 239 g/mol. The normalized spacial score (nSPS) is 34.1. The Morgan fingerprint density at radius 2 is 2.00 bits per heavy atom. The molecular weight excluding hydrogens is 214 g/mol. The van der Waals surface area contributed by atoms with Gasteiger partial charge in [0, 0.05) is 6.04 Å². The smallest absolute Gasteiger partial charge is 0.326 e. The van der Waals surface area contributed by atoms with E-state index in [-0.39, 0.29) is 11.5 Å². The molecule has 0 bridgehead atoms. The first kappa shape index (κ1) is 12.9. The highest BCUT2D eigenvalue weighted by Gasteiger charge is 2.50. The summed E-state index contributed by atoms with van der Waals surface area (Å²) in [7, 11) is 1.52. The van der Waals surface area contributed by atoms with Crippen LogP contribution in [-0.4, -0.2) is 24.7 Å². The summed E-state index contributed by atoms with van der Waals surface area (Å²) in [5, 5.41) is 3.67. The summed E-state index contributed by atoms with van der Waals surface area (Å²) in [5.41, 5.74) is -0.376. The van der Waals surface area contributed by atoms with Crippen molar-refractivity contribution in [3.8, 4) is 0 Å². The molecule has 2 fully saturated rings. The van der Waals surface area contributed by atoms with Gasteiger partial charge in [-0.15, -0.1) is 0 Å². The molecule has 2 rings (SSSR count). The van der Waals surface area contributed by atoms with Crippen LogP contribution in [0.3, 0.4) is 0 Å². The van der Waals surface area contributed by atoms with Crippen LogP contribution in [0.2, 0.25) is 0 Å². The Bertz CT molecular complexity index is 273. The molecule has 2 unspecified atom stereocenters. The van der Waals surface area contributed by atoms with E-state index in [1.54, 1.807) is 0 Å². The Hall–Kier alpha value is -0.570. The quantitative estimate of drug-likeness (QED) is 0.766. The van der Waals surface area contributed by atoms with E-state index in [0.717, 1.165) is 25.7 Å². The molecule has 2 aliphatic carbocycles. The molecule has 0 amide bonds. The van der Waals surface area contributed by atoms with Crippen LogP contribution in [0, 0.1) is 5.92 Å². The molecule has 0 heterocycles. The highest BCUT2D eigenvalue weighted by atomic mass is 16.5. The first-order valence-corrected chi connectivity index (χ1v) is 7.09. The lowest BCUT2D eigenvalue weighted by atomic mass is 9.84. The van der Waals surface area contributed by atoms with Crippen LogP contribution in [0.4, 0.5) is 0 Å². The fraction of sp³-hybridized carbons (Fsp3) is 0.929. The van der Waals surface area contributed by atoms with E-state index in [4.69, 9.17) is 4.74 Å². The van der Waals surface area contributed by atoms with Gasteiger partial charge in [-0.25, -0.2) is 0 Å². The van der Waals surface area contributed by atoms with Crippen LogP contribution >= 0.6 is 0 Å². The van der Waals surface area contributed by atoms with Gasteiger partial charge in [-0.05, 0) is 31.6 Å². The zero-order valence-corrected chi connectivity index (χ0v) is 11.1. The number of carbonyl (C=O) groups is 1. The van der Waals surface area contributed by atoms with Crippen LogP contribution in [0.5, 0.6) is 0 Å². The van der Waals surface area contributed by atoms with Gasteiger partial charge in [-0.2, -0.15) is 0 Å². The van der Waals surface area contributed by atoms with Crippen molar-refractivity contribution < 1.29 is 9.53 Å². The molecule has 0 aromatic carbocycles. The second-order valence-electron chi connectivity index (χ2n) is 5.59. The summed E-state index contributed by atoms with van der Waals surface area (Å²) in [4.78, 5) is 12.2. The molecule has 0 aromatic rings. The highest BCUT2D eigenvalue weighted by Crippen LogP contribution is 2.40. The minimum Gasteiger partial charge on any atom is -0.468 e. The fourth-order valence-corrected chi connectivity index (χ4v) is 3.76. The fourth-order valence-electron chi connectivity index (χ4n) is 3.76. The minimum absolute atomic E-state index is 0.0336. The van der Waals surface area contributed by atoms with Crippen LogP contribution in [-0.2, 0) is 9.53 Å². The van der Waals surface area contributed by atoms with E-state index in [2.05, 4.69) is 12.2 Å². The van der Waals surface area contributed by atoms with Crippen LogP contribution < -0.4 is 5.32 Å². The molecular formula is C14H25NO2. The summed E-state index contributed by atoms with van der Waals surface area (Å²) in [6.45, 7) is 2.18. The molecule has 3 heteroatoms. The third-order valence-corrected chi connectivity index (χ3v) is 4.68. The molecule has 0 saturated heterocycles. The number of esters is 1. The van der Waals surface area contributed by atoms with Gasteiger partial charge in [0.1, 0.15) is 5.54 Å². The zero-order valence-electron chi connectivity index (χ0n) is 11.1. The molecule has 2 aliphatic rings. The van der Waals surface area contributed by atoms with Gasteiger partial charge < -0.3 is 4.74 Å². The molecule has 1 N–H and O–H groups in total. The SMILES string of the molecule is CCC1CCCC1(NC1CCCC1)C(=O)OC. The van der Waals surface area contributed by atoms with Crippen molar-refractivity contribution in [1.82, 2.24) is 5.32 Å². The number of carbonyl (C=O) groups excluding carboxylic acids is 1. The van der Waals surface area contributed by atoms with Crippen LogP contribution in [0.25, 0.3) is 0 Å². The van der Waals surface area contributed by atoms with E-state index in [1.165, 1.54) is 32.8 Å². The first-order valence-electron chi connectivity index (χ1n) is 7.09. The molecule has 0 aliphatic heterocycles. The lowest BCUT2D eigenvalue weighted by molar-refractivity contribution is -0.151. The lowest BCUT2D eigenvalue weighted by Gasteiger charge is -2.36. The molecule has 2 atom stereocenters. The van der Waals surface area contributed by atoms with E-state index < -0.39 is 0 Å². The largest absolute Gasteiger partial charge is 0.468 e. The third-order valence-electron chi connectivity index (χ3n) is 4.68. The van der Waals surface area contributed by atoms with Crippen molar-refractivity contribution in [3.05, 3.63) is 0 Å². The van der Waals surface area contributed by atoms with Gasteiger partial charge in [-0.3, -0.25) is 10.1 Å². The number of ether oxygens (including phenoxy) is 1. The maximum atomic E-state index is 12.2. The van der Waals surface area contributed by atoms with Crippen LogP contribution in [0.15, 0.2) is 0 Å². The highest BCUT2D eigenvalue weighted by molar-refractivity contribution is 5.81. The van der Waals surface area contributed by atoms with E-state index >= 15 is 0 Å². The number of nitrogens with one attached hydrogen (secondary N) is 1. The summed E-state index contributed by atoms with van der Waals surface area (Å²) in [6, 6.07) is 0.529. The van der Waals surface area contributed by atoms with Crippen molar-refractivity contribution >= 4 is 5.97 Å². The number of methoxy groups -OCH3 is 1. The maximum Gasteiger partial charge on any atom is 0.326 e. The second-order valence-corrected chi connectivity index (χ2v) is 5.59.